The second-order valence-electron chi connectivity index (χ2n) is 6.62. The summed E-state index contributed by atoms with van der Waals surface area (Å²) in [6.45, 7) is 0. The number of hydrogen-bond acceptors (Lipinski definition) is 3. The Morgan fingerprint density at radius 1 is 0.821 bits per heavy atom. The SMILES string of the molecule is O=[N+]([O-])c1ccc(-c2cc(-c3ccccc3)c3c(n2)[nH]c2ccccc23)cc1. The van der Waals surface area contributed by atoms with Gasteiger partial charge in [0.25, 0.3) is 5.69 Å². The minimum Gasteiger partial charge on any atom is -0.339 e. The predicted octanol–water partition coefficient (Wildman–Crippen LogP) is 5.96. The molecule has 0 atom stereocenters. The first-order chi connectivity index (χ1) is 13.7. The molecule has 3 aromatic carbocycles. The summed E-state index contributed by atoms with van der Waals surface area (Å²) < 4.78 is 0. The van der Waals surface area contributed by atoms with Crippen LogP contribution in [-0.2, 0) is 0 Å². The number of nitro benzene ring substituents is 1. The molecule has 0 radical (unpaired) electrons. The van der Waals surface area contributed by atoms with Crippen molar-refractivity contribution in [3.8, 4) is 22.4 Å². The van der Waals surface area contributed by atoms with Gasteiger partial charge < -0.3 is 4.98 Å². The Morgan fingerprint density at radius 3 is 2.29 bits per heavy atom. The Balaban J connectivity index is 1.80. The minimum atomic E-state index is -0.395. The van der Waals surface area contributed by atoms with Crippen LogP contribution in [0.4, 0.5) is 5.69 Å². The third kappa shape index (κ3) is 2.61. The first kappa shape index (κ1) is 16.2. The average molecular weight is 365 g/mol. The predicted molar refractivity (Wildman–Crippen MR) is 111 cm³/mol. The molecule has 2 aromatic heterocycles. The molecule has 0 saturated carbocycles. The summed E-state index contributed by atoms with van der Waals surface area (Å²) in [6.07, 6.45) is 0. The molecule has 5 nitrogen and oxygen atoms in total. The maximum Gasteiger partial charge on any atom is 0.269 e. The molecule has 28 heavy (non-hydrogen) atoms. The highest BCUT2D eigenvalue weighted by Crippen LogP contribution is 2.36. The highest BCUT2D eigenvalue weighted by atomic mass is 16.6. The minimum absolute atomic E-state index is 0.0683. The zero-order chi connectivity index (χ0) is 19.1. The lowest BCUT2D eigenvalue weighted by molar-refractivity contribution is -0.384. The van der Waals surface area contributed by atoms with Crippen LogP contribution in [0.25, 0.3) is 44.3 Å². The number of fused-ring (bicyclic) bond motifs is 3. The molecule has 0 fully saturated rings. The van der Waals surface area contributed by atoms with Crippen molar-refractivity contribution in [2.24, 2.45) is 0 Å². The topological polar surface area (TPSA) is 71.8 Å². The van der Waals surface area contributed by atoms with E-state index in [1.165, 1.54) is 12.1 Å². The van der Waals surface area contributed by atoms with Crippen molar-refractivity contribution in [3.05, 3.63) is 95.0 Å². The van der Waals surface area contributed by atoms with E-state index in [2.05, 4.69) is 29.2 Å². The van der Waals surface area contributed by atoms with Gasteiger partial charge in [0.1, 0.15) is 5.65 Å². The number of nitrogens with one attached hydrogen (secondary N) is 1. The van der Waals surface area contributed by atoms with E-state index in [-0.39, 0.29) is 5.69 Å². The largest absolute Gasteiger partial charge is 0.339 e. The number of pyridine rings is 1. The second kappa shape index (κ2) is 6.32. The number of nitro groups is 1. The van der Waals surface area contributed by atoms with Gasteiger partial charge in [-0.3, -0.25) is 10.1 Å². The monoisotopic (exact) mass is 365 g/mol. The Hall–Kier alpha value is -3.99. The number of para-hydroxylation sites is 1. The number of non-ortho nitro benzene ring substituents is 1. The molecular weight excluding hydrogens is 350 g/mol. The van der Waals surface area contributed by atoms with Gasteiger partial charge in [-0.1, -0.05) is 48.5 Å². The van der Waals surface area contributed by atoms with Crippen molar-refractivity contribution < 1.29 is 4.92 Å². The zero-order valence-corrected chi connectivity index (χ0v) is 14.8. The van der Waals surface area contributed by atoms with Gasteiger partial charge in [-0.25, -0.2) is 4.98 Å². The van der Waals surface area contributed by atoms with E-state index < -0.39 is 4.92 Å². The van der Waals surface area contributed by atoms with Crippen molar-refractivity contribution in [2.45, 2.75) is 0 Å². The second-order valence-corrected chi connectivity index (χ2v) is 6.62. The van der Waals surface area contributed by atoms with Crippen LogP contribution in [-0.4, -0.2) is 14.9 Å². The molecule has 2 heterocycles. The van der Waals surface area contributed by atoms with Crippen molar-refractivity contribution in [2.75, 3.05) is 0 Å². The molecule has 0 amide bonds. The number of nitrogens with zero attached hydrogens (tertiary/aromatic N) is 2. The van der Waals surface area contributed by atoms with Crippen LogP contribution >= 0.6 is 0 Å². The summed E-state index contributed by atoms with van der Waals surface area (Å²) in [5.41, 5.74) is 5.69. The van der Waals surface area contributed by atoms with Gasteiger partial charge in [0.05, 0.1) is 10.6 Å². The van der Waals surface area contributed by atoms with Crippen molar-refractivity contribution in [1.29, 1.82) is 0 Å². The Labute approximate surface area is 160 Å². The number of rotatable bonds is 3. The Morgan fingerprint density at radius 2 is 1.54 bits per heavy atom. The van der Waals surface area contributed by atoms with Gasteiger partial charge in [0.15, 0.2) is 0 Å². The smallest absolute Gasteiger partial charge is 0.269 e. The molecule has 0 aliphatic rings. The van der Waals surface area contributed by atoms with Gasteiger partial charge in [0.2, 0.25) is 0 Å². The van der Waals surface area contributed by atoms with Crippen molar-refractivity contribution in [3.63, 3.8) is 0 Å². The third-order valence-electron chi connectivity index (χ3n) is 4.93. The molecule has 1 N–H and O–H groups in total. The summed E-state index contributed by atoms with van der Waals surface area (Å²) in [4.78, 5) is 18.8. The van der Waals surface area contributed by atoms with E-state index in [9.17, 15) is 10.1 Å². The van der Waals surface area contributed by atoms with Gasteiger partial charge >= 0.3 is 0 Å². The molecule has 0 bridgehead atoms. The van der Waals surface area contributed by atoms with E-state index >= 15 is 0 Å². The first-order valence-electron chi connectivity index (χ1n) is 8.92. The molecule has 5 heteroatoms. The fraction of sp³-hybridized carbons (Fsp3) is 0. The summed E-state index contributed by atoms with van der Waals surface area (Å²) in [7, 11) is 0. The Bertz CT molecular complexity index is 1320. The van der Waals surface area contributed by atoms with E-state index in [0.717, 1.165) is 44.3 Å². The van der Waals surface area contributed by atoms with Gasteiger partial charge in [-0.2, -0.15) is 0 Å². The lowest BCUT2D eigenvalue weighted by atomic mass is 9.98. The Kier molecular flexibility index (Phi) is 3.66. The quantitative estimate of drug-likeness (QED) is 0.317. The molecule has 134 valence electrons. The third-order valence-corrected chi connectivity index (χ3v) is 4.93. The summed E-state index contributed by atoms with van der Waals surface area (Å²) >= 11 is 0. The van der Waals surface area contributed by atoms with Crippen LogP contribution in [0.1, 0.15) is 0 Å². The molecular formula is C23H15N3O2. The van der Waals surface area contributed by atoms with Crippen LogP contribution in [0.3, 0.4) is 0 Å². The fourth-order valence-electron chi connectivity index (χ4n) is 3.59. The first-order valence-corrected chi connectivity index (χ1v) is 8.92. The number of hydrogen-bond donors (Lipinski definition) is 1. The van der Waals surface area contributed by atoms with Crippen molar-refractivity contribution >= 4 is 27.6 Å². The maximum atomic E-state index is 10.9. The van der Waals surface area contributed by atoms with E-state index in [4.69, 9.17) is 4.98 Å². The standard InChI is InChI=1S/C23H15N3O2/c27-26(28)17-12-10-16(11-13-17)21-14-19(15-6-2-1-3-7-15)22-18-8-4-5-9-20(18)24-23(22)25-21/h1-14H,(H,24,25). The molecule has 0 aliphatic carbocycles. The molecule has 0 saturated heterocycles. The van der Waals surface area contributed by atoms with E-state index in [0.29, 0.717) is 0 Å². The van der Waals surface area contributed by atoms with Crippen LogP contribution in [0.2, 0.25) is 0 Å². The summed E-state index contributed by atoms with van der Waals surface area (Å²) in [5, 5.41) is 13.1. The number of aromatic nitrogens is 2. The maximum absolute atomic E-state index is 10.9. The van der Waals surface area contributed by atoms with Crippen LogP contribution < -0.4 is 0 Å². The lowest BCUT2D eigenvalue weighted by Crippen LogP contribution is -1.90. The van der Waals surface area contributed by atoms with Gasteiger partial charge in [0, 0.05) is 34.0 Å². The highest BCUT2D eigenvalue weighted by molar-refractivity contribution is 6.13. The highest BCUT2D eigenvalue weighted by Gasteiger charge is 2.15. The fourth-order valence-corrected chi connectivity index (χ4v) is 3.59. The molecule has 0 spiro atoms. The molecule has 0 unspecified atom stereocenters. The summed E-state index contributed by atoms with van der Waals surface area (Å²) in [5.74, 6) is 0. The lowest BCUT2D eigenvalue weighted by Gasteiger charge is -2.08. The van der Waals surface area contributed by atoms with E-state index in [1.54, 1.807) is 12.1 Å². The van der Waals surface area contributed by atoms with Gasteiger partial charge in [-0.15, -0.1) is 0 Å². The van der Waals surface area contributed by atoms with Crippen LogP contribution in [0, 0.1) is 10.1 Å². The van der Waals surface area contributed by atoms with Crippen LogP contribution in [0.5, 0.6) is 0 Å². The average Bonchev–Trinajstić information content (AvgIpc) is 3.12. The summed E-state index contributed by atoms with van der Waals surface area (Å²) in [6, 6.07) is 26.9. The molecule has 0 aliphatic heterocycles. The zero-order valence-electron chi connectivity index (χ0n) is 14.8. The van der Waals surface area contributed by atoms with Gasteiger partial charge in [-0.05, 0) is 35.4 Å². The normalized spacial score (nSPS) is 11.1. The number of H-pyrrole nitrogens is 1. The van der Waals surface area contributed by atoms with Crippen molar-refractivity contribution in [1.82, 2.24) is 9.97 Å². The molecule has 5 aromatic rings. The number of benzene rings is 3. The van der Waals surface area contributed by atoms with Crippen LogP contribution in [0.15, 0.2) is 84.9 Å². The number of aromatic amines is 1. The van der Waals surface area contributed by atoms with E-state index in [1.807, 2.05) is 36.4 Å². The molecule has 5 rings (SSSR count).